The number of aromatic nitrogens is 2. The summed E-state index contributed by atoms with van der Waals surface area (Å²) in [5.74, 6) is 1.74. The van der Waals surface area contributed by atoms with E-state index in [1.807, 2.05) is 13.2 Å². The summed E-state index contributed by atoms with van der Waals surface area (Å²) in [5.41, 5.74) is 10.5. The van der Waals surface area contributed by atoms with Crippen molar-refractivity contribution in [2.75, 3.05) is 12.3 Å². The van der Waals surface area contributed by atoms with Crippen molar-refractivity contribution >= 4 is 5.82 Å². The minimum absolute atomic E-state index is 0.697. The van der Waals surface area contributed by atoms with Crippen LogP contribution in [0, 0.1) is 6.92 Å². The summed E-state index contributed by atoms with van der Waals surface area (Å²) < 4.78 is 7.29. The standard InChI is InChI=1S/C13H15N3O/c1-8-5-10(6-9-3-4-17-12(8)9)11-7-15-16(2)13(11)14/h5-7H,3-4,14H2,1-2H3. The topological polar surface area (TPSA) is 53.1 Å². The summed E-state index contributed by atoms with van der Waals surface area (Å²) in [6.07, 6.45) is 2.79. The van der Waals surface area contributed by atoms with Crippen molar-refractivity contribution in [3.05, 3.63) is 29.5 Å². The Kier molecular flexibility index (Phi) is 2.11. The fourth-order valence-electron chi connectivity index (χ4n) is 2.33. The van der Waals surface area contributed by atoms with Crippen LogP contribution in [0.1, 0.15) is 11.1 Å². The molecule has 1 aliphatic rings. The van der Waals surface area contributed by atoms with Crippen molar-refractivity contribution < 1.29 is 4.74 Å². The van der Waals surface area contributed by atoms with Gasteiger partial charge in [-0.2, -0.15) is 5.10 Å². The van der Waals surface area contributed by atoms with Crippen molar-refractivity contribution in [3.63, 3.8) is 0 Å². The van der Waals surface area contributed by atoms with Crippen LogP contribution >= 0.6 is 0 Å². The van der Waals surface area contributed by atoms with Gasteiger partial charge in [0.1, 0.15) is 11.6 Å². The van der Waals surface area contributed by atoms with E-state index in [4.69, 9.17) is 10.5 Å². The van der Waals surface area contributed by atoms with Gasteiger partial charge >= 0.3 is 0 Å². The average Bonchev–Trinajstić information content (AvgIpc) is 2.88. The first-order chi connectivity index (χ1) is 8.16. The maximum absolute atomic E-state index is 6.00. The van der Waals surface area contributed by atoms with Crippen LogP contribution in [-0.4, -0.2) is 16.4 Å². The molecule has 4 heteroatoms. The molecule has 2 heterocycles. The Morgan fingerprint density at radius 1 is 1.41 bits per heavy atom. The van der Waals surface area contributed by atoms with Gasteiger partial charge in [0.05, 0.1) is 12.8 Å². The van der Waals surface area contributed by atoms with Crippen LogP contribution in [0.25, 0.3) is 11.1 Å². The molecule has 4 nitrogen and oxygen atoms in total. The zero-order chi connectivity index (χ0) is 12.0. The lowest BCUT2D eigenvalue weighted by molar-refractivity contribution is 0.354. The Labute approximate surface area is 100 Å². The number of hydrogen-bond acceptors (Lipinski definition) is 3. The third kappa shape index (κ3) is 1.48. The molecular weight excluding hydrogens is 214 g/mol. The summed E-state index contributed by atoms with van der Waals surface area (Å²) in [4.78, 5) is 0. The SMILES string of the molecule is Cc1cc(-c2cnn(C)c2N)cc2c1OCC2. The molecule has 0 radical (unpaired) electrons. The lowest BCUT2D eigenvalue weighted by Crippen LogP contribution is -1.98. The van der Waals surface area contributed by atoms with E-state index in [2.05, 4.69) is 24.2 Å². The second kappa shape index (κ2) is 3.52. The highest BCUT2D eigenvalue weighted by Gasteiger charge is 2.17. The van der Waals surface area contributed by atoms with E-state index in [0.717, 1.165) is 29.9 Å². The molecule has 1 aromatic carbocycles. The van der Waals surface area contributed by atoms with E-state index in [1.54, 1.807) is 4.68 Å². The molecule has 0 unspecified atom stereocenters. The lowest BCUT2D eigenvalue weighted by Gasteiger charge is -2.07. The molecule has 2 N–H and O–H groups in total. The molecule has 0 atom stereocenters. The molecule has 1 aromatic heterocycles. The number of fused-ring (bicyclic) bond motifs is 1. The number of nitrogen functional groups attached to an aromatic ring is 1. The monoisotopic (exact) mass is 229 g/mol. The first-order valence-electron chi connectivity index (χ1n) is 5.71. The molecule has 0 saturated carbocycles. The van der Waals surface area contributed by atoms with Crippen molar-refractivity contribution in [3.8, 4) is 16.9 Å². The molecule has 0 aliphatic carbocycles. The van der Waals surface area contributed by atoms with Crippen LogP contribution < -0.4 is 10.5 Å². The minimum Gasteiger partial charge on any atom is -0.493 e. The van der Waals surface area contributed by atoms with E-state index in [-0.39, 0.29) is 0 Å². The van der Waals surface area contributed by atoms with Gasteiger partial charge in [0.2, 0.25) is 0 Å². The molecule has 0 amide bonds. The average molecular weight is 229 g/mol. The Morgan fingerprint density at radius 2 is 2.24 bits per heavy atom. The maximum atomic E-state index is 6.00. The zero-order valence-corrected chi connectivity index (χ0v) is 10.0. The molecule has 3 rings (SSSR count). The highest BCUT2D eigenvalue weighted by atomic mass is 16.5. The molecular formula is C13H15N3O. The van der Waals surface area contributed by atoms with E-state index in [9.17, 15) is 0 Å². The third-order valence-electron chi connectivity index (χ3n) is 3.26. The quantitative estimate of drug-likeness (QED) is 0.812. The zero-order valence-electron chi connectivity index (χ0n) is 10.0. The summed E-state index contributed by atoms with van der Waals surface area (Å²) >= 11 is 0. The summed E-state index contributed by atoms with van der Waals surface area (Å²) in [5, 5.41) is 4.18. The fraction of sp³-hybridized carbons (Fsp3) is 0.308. The van der Waals surface area contributed by atoms with Crippen LogP contribution in [0.4, 0.5) is 5.82 Å². The lowest BCUT2D eigenvalue weighted by atomic mass is 10.0. The number of nitrogens with two attached hydrogens (primary N) is 1. The summed E-state index contributed by atoms with van der Waals surface area (Å²) in [7, 11) is 1.85. The predicted molar refractivity (Wildman–Crippen MR) is 67.0 cm³/mol. The van der Waals surface area contributed by atoms with Crippen molar-refractivity contribution in [1.82, 2.24) is 9.78 Å². The molecule has 1 aliphatic heterocycles. The number of anilines is 1. The van der Waals surface area contributed by atoms with E-state index in [0.29, 0.717) is 5.82 Å². The van der Waals surface area contributed by atoms with Crippen LogP contribution in [-0.2, 0) is 13.5 Å². The number of hydrogen-bond donors (Lipinski definition) is 1. The Hall–Kier alpha value is -1.97. The van der Waals surface area contributed by atoms with E-state index < -0.39 is 0 Å². The minimum atomic E-state index is 0.697. The third-order valence-corrected chi connectivity index (χ3v) is 3.26. The summed E-state index contributed by atoms with van der Waals surface area (Å²) in [6.45, 7) is 2.85. The largest absolute Gasteiger partial charge is 0.493 e. The van der Waals surface area contributed by atoms with Crippen molar-refractivity contribution in [2.24, 2.45) is 7.05 Å². The summed E-state index contributed by atoms with van der Waals surface area (Å²) in [6, 6.07) is 4.26. The van der Waals surface area contributed by atoms with Crippen LogP contribution in [0.15, 0.2) is 18.3 Å². The predicted octanol–water partition coefficient (Wildman–Crippen LogP) is 1.91. The van der Waals surface area contributed by atoms with Gasteiger partial charge in [0.15, 0.2) is 0 Å². The first-order valence-corrected chi connectivity index (χ1v) is 5.71. The molecule has 0 fully saturated rings. The number of aryl methyl sites for hydroxylation is 2. The van der Waals surface area contributed by atoms with Crippen LogP contribution in [0.2, 0.25) is 0 Å². The molecule has 0 bridgehead atoms. The van der Waals surface area contributed by atoms with Crippen molar-refractivity contribution in [1.29, 1.82) is 0 Å². The highest BCUT2D eigenvalue weighted by Crippen LogP contribution is 2.35. The van der Waals surface area contributed by atoms with E-state index in [1.165, 1.54) is 11.1 Å². The van der Waals surface area contributed by atoms with Gasteiger partial charge in [-0.15, -0.1) is 0 Å². The van der Waals surface area contributed by atoms with Crippen LogP contribution in [0.5, 0.6) is 5.75 Å². The Balaban J connectivity index is 2.16. The highest BCUT2D eigenvalue weighted by molar-refractivity contribution is 5.75. The maximum Gasteiger partial charge on any atom is 0.129 e. The van der Waals surface area contributed by atoms with Gasteiger partial charge in [0, 0.05) is 19.0 Å². The Bertz CT molecular complexity index is 587. The second-order valence-corrected chi connectivity index (χ2v) is 4.45. The smallest absolute Gasteiger partial charge is 0.129 e. The van der Waals surface area contributed by atoms with Gasteiger partial charge in [-0.25, -0.2) is 0 Å². The molecule has 17 heavy (non-hydrogen) atoms. The van der Waals surface area contributed by atoms with Crippen LogP contribution in [0.3, 0.4) is 0 Å². The first kappa shape index (κ1) is 10.2. The number of nitrogens with zero attached hydrogens (tertiary/aromatic N) is 2. The normalized spacial score (nSPS) is 13.5. The number of benzene rings is 1. The second-order valence-electron chi connectivity index (χ2n) is 4.45. The van der Waals surface area contributed by atoms with Gasteiger partial charge in [-0.3, -0.25) is 4.68 Å². The fourth-order valence-corrected chi connectivity index (χ4v) is 2.33. The van der Waals surface area contributed by atoms with Gasteiger partial charge in [0.25, 0.3) is 0 Å². The van der Waals surface area contributed by atoms with E-state index >= 15 is 0 Å². The molecule has 0 saturated heterocycles. The van der Waals surface area contributed by atoms with Gasteiger partial charge < -0.3 is 10.5 Å². The molecule has 2 aromatic rings. The number of ether oxygens (including phenoxy) is 1. The van der Waals surface area contributed by atoms with Crippen molar-refractivity contribution in [2.45, 2.75) is 13.3 Å². The van der Waals surface area contributed by atoms with Gasteiger partial charge in [-0.1, -0.05) is 0 Å². The van der Waals surface area contributed by atoms with Gasteiger partial charge in [-0.05, 0) is 35.7 Å². The number of rotatable bonds is 1. The molecule has 0 spiro atoms. The molecule has 88 valence electrons. The Morgan fingerprint density at radius 3 is 2.94 bits per heavy atom.